The molecule has 1 amide bonds. The van der Waals surface area contributed by atoms with Crippen LogP contribution in [-0.4, -0.2) is 47.8 Å². The molecule has 2 aliphatic rings. The molecule has 3 rings (SSSR count). The fourth-order valence-electron chi connectivity index (χ4n) is 2.56. The van der Waals surface area contributed by atoms with Crippen molar-refractivity contribution in [2.24, 2.45) is 0 Å². The van der Waals surface area contributed by atoms with Gasteiger partial charge in [0.05, 0.1) is 13.2 Å². The minimum Gasteiger partial charge on any atom is -0.377 e. The third-order valence-corrected chi connectivity index (χ3v) is 3.95. The van der Waals surface area contributed by atoms with E-state index in [1.165, 1.54) is 6.07 Å². The molecule has 0 radical (unpaired) electrons. The number of aromatic nitrogens is 1. The lowest BCUT2D eigenvalue weighted by Gasteiger charge is -2.36. The van der Waals surface area contributed by atoms with Crippen molar-refractivity contribution in [1.82, 2.24) is 9.88 Å². The number of carbonyl (C=O) groups excluding carboxylic acids is 1. The number of carbonyl (C=O) groups is 1. The first-order chi connectivity index (χ1) is 10.4. The molecule has 1 atom stereocenters. The van der Waals surface area contributed by atoms with Crippen LogP contribution >= 0.6 is 0 Å². The quantitative estimate of drug-likeness (QED) is 0.902. The Morgan fingerprint density at radius 1 is 1.32 bits per heavy atom. The molecule has 1 saturated heterocycles. The van der Waals surface area contributed by atoms with Gasteiger partial charge in [-0.1, -0.05) is 0 Å². The van der Waals surface area contributed by atoms with Gasteiger partial charge in [-0.3, -0.25) is 9.59 Å². The Bertz CT molecular complexity index is 637. The largest absolute Gasteiger partial charge is 0.411 e. The number of rotatable bonds is 2. The molecule has 0 aromatic carbocycles. The van der Waals surface area contributed by atoms with Crippen molar-refractivity contribution < 1.29 is 22.7 Å². The van der Waals surface area contributed by atoms with Gasteiger partial charge in [0.25, 0.3) is 11.5 Å². The third-order valence-electron chi connectivity index (χ3n) is 3.95. The topological polar surface area (TPSA) is 62.4 Å². The highest BCUT2D eigenvalue weighted by atomic mass is 19.4. The fourth-order valence-corrected chi connectivity index (χ4v) is 2.56. The van der Waals surface area contributed by atoms with E-state index < -0.39 is 30.3 Å². The molecule has 0 bridgehead atoms. The number of nitrogens with zero attached hydrogens (tertiary/aromatic N) is 1. The summed E-state index contributed by atoms with van der Waals surface area (Å²) in [4.78, 5) is 27.6. The molecule has 1 unspecified atom stereocenters. The van der Waals surface area contributed by atoms with Crippen molar-refractivity contribution in [2.75, 3.05) is 19.8 Å². The Labute approximate surface area is 124 Å². The molecule has 1 saturated carbocycles. The monoisotopic (exact) mass is 316 g/mol. The summed E-state index contributed by atoms with van der Waals surface area (Å²) < 4.78 is 43.8. The summed E-state index contributed by atoms with van der Waals surface area (Å²) in [6.07, 6.45) is -2.64. The maximum atomic E-state index is 13.0. The van der Waals surface area contributed by atoms with Gasteiger partial charge >= 0.3 is 6.18 Å². The van der Waals surface area contributed by atoms with E-state index in [0.717, 1.165) is 18.5 Å². The van der Waals surface area contributed by atoms with Gasteiger partial charge in [-0.05, 0) is 30.9 Å². The van der Waals surface area contributed by atoms with Gasteiger partial charge in [-0.15, -0.1) is 0 Å². The Balaban J connectivity index is 1.87. The zero-order chi connectivity index (χ0) is 15.9. The van der Waals surface area contributed by atoms with Gasteiger partial charge < -0.3 is 14.6 Å². The van der Waals surface area contributed by atoms with E-state index in [1.807, 2.05) is 0 Å². The molecule has 1 N–H and O–H groups in total. The van der Waals surface area contributed by atoms with E-state index >= 15 is 0 Å². The van der Waals surface area contributed by atoms with E-state index in [1.54, 1.807) is 6.07 Å². The standard InChI is InChI=1S/C14H15F3N2O3/c15-14(16,17)11-7-22-6-5-19(11)13(21)9-3-4-10(8-1-2-8)18-12(9)20/h3-4,8,11H,1-2,5-7H2,(H,18,20). The number of pyridine rings is 1. The normalized spacial score (nSPS) is 22.7. The van der Waals surface area contributed by atoms with Crippen molar-refractivity contribution in [1.29, 1.82) is 0 Å². The van der Waals surface area contributed by atoms with Crippen molar-refractivity contribution in [2.45, 2.75) is 31.0 Å². The lowest BCUT2D eigenvalue weighted by Crippen LogP contribution is -2.56. The summed E-state index contributed by atoms with van der Waals surface area (Å²) in [6.45, 7) is -0.767. The highest BCUT2D eigenvalue weighted by Crippen LogP contribution is 2.38. The molecule has 1 aliphatic heterocycles. The predicted octanol–water partition coefficient (Wildman–Crippen LogP) is 1.66. The summed E-state index contributed by atoms with van der Waals surface area (Å²) in [5, 5.41) is 0. The molecule has 2 heterocycles. The van der Waals surface area contributed by atoms with Gasteiger partial charge in [-0.25, -0.2) is 0 Å². The minimum atomic E-state index is -4.59. The Morgan fingerprint density at radius 3 is 2.64 bits per heavy atom. The van der Waals surface area contributed by atoms with Crippen LogP contribution in [0.25, 0.3) is 0 Å². The molecular formula is C14H15F3N2O3. The number of halogens is 3. The van der Waals surface area contributed by atoms with Crippen LogP contribution in [0.3, 0.4) is 0 Å². The van der Waals surface area contributed by atoms with Crippen molar-refractivity contribution >= 4 is 5.91 Å². The van der Waals surface area contributed by atoms with Gasteiger partial charge in [0.2, 0.25) is 0 Å². The lowest BCUT2D eigenvalue weighted by atomic mass is 10.1. The second-order valence-electron chi connectivity index (χ2n) is 5.56. The molecule has 5 nitrogen and oxygen atoms in total. The van der Waals surface area contributed by atoms with Gasteiger partial charge in [0.15, 0.2) is 6.04 Å². The molecule has 1 aromatic rings. The van der Waals surface area contributed by atoms with Crippen molar-refractivity contribution in [3.63, 3.8) is 0 Å². The van der Waals surface area contributed by atoms with Gasteiger partial charge in [0, 0.05) is 12.2 Å². The highest BCUT2D eigenvalue weighted by molar-refractivity contribution is 5.94. The Morgan fingerprint density at radius 2 is 2.05 bits per heavy atom. The van der Waals surface area contributed by atoms with Crippen LogP contribution in [0.1, 0.15) is 34.8 Å². The number of ether oxygens (including phenoxy) is 1. The number of alkyl halides is 3. The summed E-state index contributed by atoms with van der Waals surface area (Å²) >= 11 is 0. The van der Waals surface area contributed by atoms with E-state index in [-0.39, 0.29) is 18.7 Å². The van der Waals surface area contributed by atoms with E-state index in [9.17, 15) is 22.8 Å². The number of aromatic amines is 1. The molecule has 1 aliphatic carbocycles. The minimum absolute atomic E-state index is 0.0242. The molecule has 1 aromatic heterocycles. The first-order valence-electron chi connectivity index (χ1n) is 7.06. The van der Waals surface area contributed by atoms with Crippen LogP contribution in [0.5, 0.6) is 0 Å². The molecule has 120 valence electrons. The smallest absolute Gasteiger partial charge is 0.377 e. The van der Waals surface area contributed by atoms with Crippen LogP contribution in [0.2, 0.25) is 0 Å². The average Bonchev–Trinajstić information content (AvgIpc) is 3.30. The van der Waals surface area contributed by atoms with Crippen molar-refractivity contribution in [3.05, 3.63) is 33.7 Å². The number of amides is 1. The average molecular weight is 316 g/mol. The number of hydrogen-bond donors (Lipinski definition) is 1. The van der Waals surface area contributed by atoms with Gasteiger partial charge in [-0.2, -0.15) is 13.2 Å². The molecule has 8 heteroatoms. The zero-order valence-electron chi connectivity index (χ0n) is 11.7. The number of H-pyrrole nitrogens is 1. The summed E-state index contributed by atoms with van der Waals surface area (Å²) in [6, 6.07) is 0.906. The Hall–Kier alpha value is -1.83. The van der Waals surface area contributed by atoms with E-state index in [0.29, 0.717) is 10.8 Å². The summed E-state index contributed by atoms with van der Waals surface area (Å²) in [7, 11) is 0. The third kappa shape index (κ3) is 2.87. The predicted molar refractivity (Wildman–Crippen MR) is 70.7 cm³/mol. The summed E-state index contributed by atoms with van der Waals surface area (Å²) in [5.41, 5.74) is -0.168. The van der Waals surface area contributed by atoms with Crippen molar-refractivity contribution in [3.8, 4) is 0 Å². The van der Waals surface area contributed by atoms with Crippen LogP contribution < -0.4 is 5.56 Å². The van der Waals surface area contributed by atoms with Gasteiger partial charge in [0.1, 0.15) is 5.56 Å². The van der Waals surface area contributed by atoms with Crippen LogP contribution in [0.4, 0.5) is 13.2 Å². The number of morpholine rings is 1. The molecule has 0 spiro atoms. The van der Waals surface area contributed by atoms with E-state index in [2.05, 4.69) is 4.98 Å². The molecular weight excluding hydrogens is 301 g/mol. The van der Waals surface area contributed by atoms with E-state index in [4.69, 9.17) is 4.74 Å². The lowest BCUT2D eigenvalue weighted by molar-refractivity contribution is -0.202. The molecule has 22 heavy (non-hydrogen) atoms. The fraction of sp³-hybridized carbons (Fsp3) is 0.571. The number of hydrogen-bond acceptors (Lipinski definition) is 3. The zero-order valence-corrected chi connectivity index (χ0v) is 11.7. The van der Waals surface area contributed by atoms with Crippen LogP contribution in [0, 0.1) is 0 Å². The molecule has 2 fully saturated rings. The first kappa shape index (κ1) is 15.1. The van der Waals surface area contributed by atoms with Crippen LogP contribution in [-0.2, 0) is 4.74 Å². The highest BCUT2D eigenvalue weighted by Gasteiger charge is 2.47. The second-order valence-corrected chi connectivity index (χ2v) is 5.56. The summed E-state index contributed by atoms with van der Waals surface area (Å²) in [5.74, 6) is -0.614. The first-order valence-corrected chi connectivity index (χ1v) is 7.06. The SMILES string of the molecule is O=C(c1ccc(C2CC2)[nH]c1=O)N1CCOCC1C(F)(F)F. The maximum absolute atomic E-state index is 13.0. The number of nitrogens with one attached hydrogen (secondary N) is 1. The Kier molecular flexibility index (Phi) is 3.72. The second kappa shape index (κ2) is 5.42. The maximum Gasteiger partial charge on any atom is 0.411 e. The van der Waals surface area contributed by atoms with Crippen LogP contribution in [0.15, 0.2) is 16.9 Å².